The third-order valence-corrected chi connectivity index (χ3v) is 3.95. The smallest absolute Gasteiger partial charge is 0.243 e. The zero-order valence-electron chi connectivity index (χ0n) is 17.0. The minimum Gasteiger partial charge on any atom is -0.344 e. The van der Waals surface area contributed by atoms with Crippen LogP contribution in [0.15, 0.2) is 0 Å². The molecular weight excluding hydrogens is 337 g/mol. The summed E-state index contributed by atoms with van der Waals surface area (Å²) in [5, 5.41) is 5.29. The molecule has 0 aliphatic carbocycles. The van der Waals surface area contributed by atoms with Gasteiger partial charge in [-0.05, 0) is 37.0 Å². The van der Waals surface area contributed by atoms with Crippen LogP contribution in [0.1, 0.15) is 60.8 Å². The van der Waals surface area contributed by atoms with Crippen LogP contribution in [-0.2, 0) is 14.4 Å². The first-order valence-corrected chi connectivity index (χ1v) is 9.42. The van der Waals surface area contributed by atoms with Crippen LogP contribution in [0, 0.1) is 17.8 Å². The first-order chi connectivity index (χ1) is 12.0. The lowest BCUT2D eigenvalue weighted by Crippen LogP contribution is -2.55. The predicted molar refractivity (Wildman–Crippen MR) is 101 cm³/mol. The Morgan fingerprint density at radius 3 is 1.62 bits per heavy atom. The fourth-order valence-corrected chi connectivity index (χ4v) is 2.70. The number of Topliss-reactive ketones (excluding diaryl/α,β-unsaturated/α-hetero) is 1. The summed E-state index contributed by atoms with van der Waals surface area (Å²) in [5.41, 5.74) is 5.89. The van der Waals surface area contributed by atoms with Crippen LogP contribution in [0.4, 0.5) is 4.39 Å². The van der Waals surface area contributed by atoms with Crippen molar-refractivity contribution >= 4 is 17.6 Å². The van der Waals surface area contributed by atoms with E-state index in [1.165, 1.54) is 0 Å². The van der Waals surface area contributed by atoms with E-state index in [2.05, 4.69) is 10.6 Å². The molecule has 2 amide bonds. The van der Waals surface area contributed by atoms with Crippen molar-refractivity contribution in [3.05, 3.63) is 0 Å². The number of rotatable bonds is 12. The Hall–Kier alpha value is -1.50. The van der Waals surface area contributed by atoms with Gasteiger partial charge in [-0.1, -0.05) is 41.5 Å². The molecule has 0 aliphatic rings. The molecule has 7 heteroatoms. The molecule has 0 spiro atoms. The summed E-state index contributed by atoms with van der Waals surface area (Å²) >= 11 is 0. The molecule has 3 atom stereocenters. The highest BCUT2D eigenvalue weighted by atomic mass is 19.1. The Morgan fingerprint density at radius 1 is 0.769 bits per heavy atom. The van der Waals surface area contributed by atoms with Gasteiger partial charge in [-0.15, -0.1) is 0 Å². The average Bonchev–Trinajstić information content (AvgIpc) is 2.50. The van der Waals surface area contributed by atoms with Crippen molar-refractivity contribution in [3.8, 4) is 0 Å². The molecular formula is C19H36FN3O3. The molecule has 0 saturated carbocycles. The van der Waals surface area contributed by atoms with Gasteiger partial charge < -0.3 is 16.4 Å². The van der Waals surface area contributed by atoms with Gasteiger partial charge in [0.25, 0.3) is 0 Å². The van der Waals surface area contributed by atoms with Crippen LogP contribution in [0.2, 0.25) is 0 Å². The quantitative estimate of drug-likeness (QED) is 0.487. The molecule has 0 aromatic heterocycles. The first kappa shape index (κ1) is 24.5. The SMILES string of the molecule is CC(C)C[C@H](NC(=O)[C@H](CC(C)C)NC(=O)[C@@H](N)CC(C)C)C(=O)CF. The fraction of sp³-hybridized carbons (Fsp3) is 0.842. The Bertz CT molecular complexity index is 467. The van der Waals surface area contributed by atoms with E-state index in [1.54, 1.807) is 0 Å². The van der Waals surface area contributed by atoms with Gasteiger partial charge >= 0.3 is 0 Å². The number of amides is 2. The monoisotopic (exact) mass is 373 g/mol. The average molecular weight is 374 g/mol. The maximum Gasteiger partial charge on any atom is 0.243 e. The van der Waals surface area contributed by atoms with Gasteiger partial charge in [0.15, 0.2) is 5.78 Å². The number of halogens is 1. The topological polar surface area (TPSA) is 101 Å². The molecule has 0 aliphatic heterocycles. The summed E-state index contributed by atoms with van der Waals surface area (Å²) in [6.07, 6.45) is 1.27. The lowest BCUT2D eigenvalue weighted by atomic mass is 9.98. The third kappa shape index (κ3) is 9.85. The Kier molecular flexibility index (Phi) is 11.3. The second-order valence-corrected chi connectivity index (χ2v) is 8.22. The molecule has 0 rings (SSSR count). The highest BCUT2D eigenvalue weighted by molar-refractivity contribution is 5.93. The van der Waals surface area contributed by atoms with Crippen molar-refractivity contribution in [3.63, 3.8) is 0 Å². The molecule has 0 aromatic carbocycles. The maximum atomic E-state index is 12.8. The summed E-state index contributed by atoms with van der Waals surface area (Å²) in [7, 11) is 0. The number of nitrogens with two attached hydrogens (primary N) is 1. The molecule has 0 heterocycles. The lowest BCUT2D eigenvalue weighted by molar-refractivity contribution is -0.132. The first-order valence-electron chi connectivity index (χ1n) is 9.42. The van der Waals surface area contributed by atoms with E-state index >= 15 is 0 Å². The van der Waals surface area contributed by atoms with E-state index in [-0.39, 0.29) is 17.8 Å². The Morgan fingerprint density at radius 2 is 1.19 bits per heavy atom. The van der Waals surface area contributed by atoms with Crippen molar-refractivity contribution in [2.24, 2.45) is 23.5 Å². The fourth-order valence-electron chi connectivity index (χ4n) is 2.70. The number of nitrogens with one attached hydrogen (secondary N) is 2. The van der Waals surface area contributed by atoms with Gasteiger partial charge in [0, 0.05) is 0 Å². The molecule has 0 saturated heterocycles. The largest absolute Gasteiger partial charge is 0.344 e. The molecule has 152 valence electrons. The highest BCUT2D eigenvalue weighted by Crippen LogP contribution is 2.10. The van der Waals surface area contributed by atoms with Crippen LogP contribution in [0.25, 0.3) is 0 Å². The number of ketones is 1. The highest BCUT2D eigenvalue weighted by Gasteiger charge is 2.29. The molecule has 0 aromatic rings. The summed E-state index contributed by atoms with van der Waals surface area (Å²) in [5.74, 6) is -1.00. The van der Waals surface area contributed by atoms with E-state index in [4.69, 9.17) is 5.73 Å². The van der Waals surface area contributed by atoms with Gasteiger partial charge in [0.2, 0.25) is 11.8 Å². The Balaban J connectivity index is 5.11. The minimum atomic E-state index is -1.13. The second-order valence-electron chi connectivity index (χ2n) is 8.22. The summed E-state index contributed by atoms with van der Waals surface area (Å²) < 4.78 is 12.8. The molecule has 0 radical (unpaired) electrons. The van der Waals surface area contributed by atoms with E-state index in [0.717, 1.165) is 0 Å². The van der Waals surface area contributed by atoms with Crippen LogP contribution in [0.3, 0.4) is 0 Å². The van der Waals surface area contributed by atoms with E-state index in [0.29, 0.717) is 19.3 Å². The second kappa shape index (κ2) is 12.0. The Labute approximate surface area is 156 Å². The van der Waals surface area contributed by atoms with E-state index in [9.17, 15) is 18.8 Å². The summed E-state index contributed by atoms with van der Waals surface area (Å²) in [6, 6.07) is -2.39. The van der Waals surface area contributed by atoms with Gasteiger partial charge in [0.1, 0.15) is 12.7 Å². The molecule has 0 fully saturated rings. The normalized spacial score (nSPS) is 15.0. The van der Waals surface area contributed by atoms with Crippen LogP contribution in [0.5, 0.6) is 0 Å². The van der Waals surface area contributed by atoms with Gasteiger partial charge in [-0.2, -0.15) is 0 Å². The zero-order chi connectivity index (χ0) is 20.4. The summed E-state index contributed by atoms with van der Waals surface area (Å²) in [6.45, 7) is 10.4. The summed E-state index contributed by atoms with van der Waals surface area (Å²) in [4.78, 5) is 36.7. The number of carbonyl (C=O) groups excluding carboxylic acids is 3. The predicted octanol–water partition coefficient (Wildman–Crippen LogP) is 1.96. The van der Waals surface area contributed by atoms with Crippen molar-refractivity contribution in [2.75, 3.05) is 6.67 Å². The molecule has 6 nitrogen and oxygen atoms in total. The zero-order valence-corrected chi connectivity index (χ0v) is 17.0. The number of hydrogen-bond donors (Lipinski definition) is 3. The number of carbonyl (C=O) groups is 3. The van der Waals surface area contributed by atoms with Gasteiger partial charge in [-0.25, -0.2) is 4.39 Å². The minimum absolute atomic E-state index is 0.119. The van der Waals surface area contributed by atoms with E-state index < -0.39 is 42.4 Å². The number of alkyl halides is 1. The molecule has 26 heavy (non-hydrogen) atoms. The van der Waals surface area contributed by atoms with Crippen molar-refractivity contribution in [1.29, 1.82) is 0 Å². The third-order valence-electron chi connectivity index (χ3n) is 3.95. The van der Waals surface area contributed by atoms with Gasteiger partial charge in [-0.3, -0.25) is 14.4 Å². The van der Waals surface area contributed by atoms with Crippen LogP contribution < -0.4 is 16.4 Å². The molecule has 4 N–H and O–H groups in total. The van der Waals surface area contributed by atoms with Crippen molar-refractivity contribution in [1.82, 2.24) is 10.6 Å². The maximum absolute atomic E-state index is 12.8. The standard InChI is InChI=1S/C19H36FN3O3/c1-11(2)7-14(21)18(25)23-16(9-13(5)6)19(26)22-15(8-12(3)4)17(24)10-20/h11-16H,7-10,21H2,1-6H3,(H,22,26)(H,23,25)/t14-,15-,16-/m0/s1. The lowest BCUT2D eigenvalue weighted by Gasteiger charge is -2.25. The van der Waals surface area contributed by atoms with E-state index in [1.807, 2.05) is 41.5 Å². The molecule has 0 bridgehead atoms. The van der Waals surface area contributed by atoms with Gasteiger partial charge in [0.05, 0.1) is 12.1 Å². The van der Waals surface area contributed by atoms with Crippen LogP contribution in [-0.4, -0.2) is 42.4 Å². The van der Waals surface area contributed by atoms with Crippen molar-refractivity contribution < 1.29 is 18.8 Å². The van der Waals surface area contributed by atoms with Crippen molar-refractivity contribution in [2.45, 2.75) is 78.9 Å². The van der Waals surface area contributed by atoms with Crippen LogP contribution >= 0.6 is 0 Å². The number of hydrogen-bond acceptors (Lipinski definition) is 4. The molecule has 0 unspecified atom stereocenters.